The second-order valence-corrected chi connectivity index (χ2v) is 6.42. The van der Waals surface area contributed by atoms with Gasteiger partial charge in [-0.3, -0.25) is 4.90 Å². The maximum absolute atomic E-state index is 13.7. The van der Waals surface area contributed by atoms with E-state index in [1.54, 1.807) is 12.0 Å². The molecule has 1 heterocycles. The molecule has 0 aliphatic carbocycles. The van der Waals surface area contributed by atoms with Crippen molar-refractivity contribution < 1.29 is 18.3 Å². The van der Waals surface area contributed by atoms with E-state index < -0.39 is 23.4 Å². The third-order valence-electron chi connectivity index (χ3n) is 4.74. The molecule has 7 heteroatoms. The van der Waals surface area contributed by atoms with Gasteiger partial charge < -0.3 is 15.0 Å². The molecular formula is C20H23F2N3O2. The van der Waals surface area contributed by atoms with E-state index in [-0.39, 0.29) is 0 Å². The number of urea groups is 1. The number of methoxy groups -OCH3 is 1. The van der Waals surface area contributed by atoms with E-state index in [9.17, 15) is 13.6 Å². The molecule has 5 nitrogen and oxygen atoms in total. The fourth-order valence-electron chi connectivity index (χ4n) is 3.17. The van der Waals surface area contributed by atoms with Gasteiger partial charge in [0.05, 0.1) is 7.11 Å². The summed E-state index contributed by atoms with van der Waals surface area (Å²) in [5.74, 6) is -0.681. The number of anilines is 1. The van der Waals surface area contributed by atoms with Crippen LogP contribution in [0.4, 0.5) is 19.3 Å². The van der Waals surface area contributed by atoms with Crippen molar-refractivity contribution in [1.82, 2.24) is 9.80 Å². The molecule has 0 atom stereocenters. The van der Waals surface area contributed by atoms with E-state index in [4.69, 9.17) is 4.74 Å². The Labute approximate surface area is 157 Å². The standard InChI is InChI=1S/C20H23F2N3O2/c1-27-18-8-3-2-5-15(18)9-10-24-11-13-25(14-12-24)20(26)23-19-16(21)6-4-7-17(19)22/h2-8H,9-14H2,1H3,(H,23,26). The first-order valence-electron chi connectivity index (χ1n) is 8.92. The molecule has 0 saturated carbocycles. The third kappa shape index (κ3) is 4.74. The summed E-state index contributed by atoms with van der Waals surface area (Å²) in [4.78, 5) is 16.1. The summed E-state index contributed by atoms with van der Waals surface area (Å²) in [6, 6.07) is 10.9. The van der Waals surface area contributed by atoms with E-state index in [0.29, 0.717) is 26.2 Å². The summed E-state index contributed by atoms with van der Waals surface area (Å²) in [7, 11) is 1.66. The van der Waals surface area contributed by atoms with Crippen LogP contribution in [0.1, 0.15) is 5.56 Å². The zero-order valence-corrected chi connectivity index (χ0v) is 15.3. The number of nitrogens with one attached hydrogen (secondary N) is 1. The molecule has 2 aromatic carbocycles. The lowest BCUT2D eigenvalue weighted by Gasteiger charge is -2.34. The molecule has 0 unspecified atom stereocenters. The van der Waals surface area contributed by atoms with Gasteiger partial charge >= 0.3 is 6.03 Å². The van der Waals surface area contributed by atoms with Gasteiger partial charge in [-0.1, -0.05) is 24.3 Å². The van der Waals surface area contributed by atoms with Crippen molar-refractivity contribution in [3.63, 3.8) is 0 Å². The van der Waals surface area contributed by atoms with Crippen LogP contribution in [0, 0.1) is 11.6 Å². The van der Waals surface area contributed by atoms with Crippen LogP contribution in [0.3, 0.4) is 0 Å². The van der Waals surface area contributed by atoms with Gasteiger partial charge in [-0.2, -0.15) is 0 Å². The SMILES string of the molecule is COc1ccccc1CCN1CCN(C(=O)Nc2c(F)cccc2F)CC1. The fourth-order valence-corrected chi connectivity index (χ4v) is 3.17. The van der Waals surface area contributed by atoms with Gasteiger partial charge in [0.2, 0.25) is 0 Å². The molecule has 0 radical (unpaired) electrons. The number of hydrogen-bond donors (Lipinski definition) is 1. The second kappa shape index (κ2) is 8.81. The summed E-state index contributed by atoms with van der Waals surface area (Å²) >= 11 is 0. The minimum Gasteiger partial charge on any atom is -0.496 e. The van der Waals surface area contributed by atoms with E-state index in [1.165, 1.54) is 6.07 Å². The Morgan fingerprint density at radius 1 is 1.04 bits per heavy atom. The molecule has 1 fully saturated rings. The zero-order valence-electron chi connectivity index (χ0n) is 15.3. The number of hydrogen-bond acceptors (Lipinski definition) is 3. The molecule has 3 rings (SSSR count). The highest BCUT2D eigenvalue weighted by Gasteiger charge is 2.22. The topological polar surface area (TPSA) is 44.8 Å². The van der Waals surface area contributed by atoms with Gasteiger partial charge in [0, 0.05) is 32.7 Å². The average Bonchev–Trinajstić information content (AvgIpc) is 2.69. The molecule has 1 saturated heterocycles. The minimum atomic E-state index is -0.779. The molecule has 1 aliphatic heterocycles. The number of piperazine rings is 1. The number of para-hydroxylation sites is 2. The largest absolute Gasteiger partial charge is 0.496 e. The quantitative estimate of drug-likeness (QED) is 0.872. The molecule has 27 heavy (non-hydrogen) atoms. The Kier molecular flexibility index (Phi) is 6.24. The van der Waals surface area contributed by atoms with Crippen molar-refractivity contribution >= 4 is 11.7 Å². The van der Waals surface area contributed by atoms with E-state index in [0.717, 1.165) is 36.4 Å². The van der Waals surface area contributed by atoms with Crippen LogP contribution in [0.25, 0.3) is 0 Å². The number of benzene rings is 2. The number of halogens is 2. The van der Waals surface area contributed by atoms with Crippen molar-refractivity contribution in [2.24, 2.45) is 0 Å². The van der Waals surface area contributed by atoms with Crippen LogP contribution in [0.15, 0.2) is 42.5 Å². The molecule has 2 aromatic rings. The van der Waals surface area contributed by atoms with Crippen LogP contribution in [-0.4, -0.2) is 55.7 Å². The molecular weight excluding hydrogens is 352 g/mol. The maximum atomic E-state index is 13.7. The molecule has 0 spiro atoms. The van der Waals surface area contributed by atoms with Gasteiger partial charge in [-0.05, 0) is 30.2 Å². The lowest BCUT2D eigenvalue weighted by molar-refractivity contribution is 0.148. The van der Waals surface area contributed by atoms with Crippen molar-refractivity contribution in [3.8, 4) is 5.75 Å². The highest BCUT2D eigenvalue weighted by Crippen LogP contribution is 2.20. The summed E-state index contributed by atoms with van der Waals surface area (Å²) < 4.78 is 32.7. The Morgan fingerprint density at radius 2 is 1.70 bits per heavy atom. The smallest absolute Gasteiger partial charge is 0.322 e. The van der Waals surface area contributed by atoms with Gasteiger partial charge in [-0.15, -0.1) is 0 Å². The Bertz CT molecular complexity index is 772. The van der Waals surface area contributed by atoms with Crippen LogP contribution in [0.5, 0.6) is 5.75 Å². The Hall–Kier alpha value is -2.67. The average molecular weight is 375 g/mol. The molecule has 1 N–H and O–H groups in total. The number of rotatable bonds is 5. The molecule has 0 aromatic heterocycles. The third-order valence-corrected chi connectivity index (χ3v) is 4.74. The molecule has 1 aliphatic rings. The Morgan fingerprint density at radius 3 is 2.37 bits per heavy atom. The van der Waals surface area contributed by atoms with Crippen LogP contribution >= 0.6 is 0 Å². The lowest BCUT2D eigenvalue weighted by Crippen LogP contribution is -2.50. The van der Waals surface area contributed by atoms with Gasteiger partial charge in [0.15, 0.2) is 0 Å². The summed E-state index contributed by atoms with van der Waals surface area (Å²) in [6.07, 6.45) is 0.858. The molecule has 144 valence electrons. The Balaban J connectivity index is 1.49. The molecule has 2 amide bonds. The van der Waals surface area contributed by atoms with Crippen molar-refractivity contribution in [2.75, 3.05) is 45.2 Å². The van der Waals surface area contributed by atoms with Gasteiger partial charge in [0.25, 0.3) is 0 Å². The van der Waals surface area contributed by atoms with E-state index in [2.05, 4.69) is 10.2 Å². The van der Waals surface area contributed by atoms with Crippen LogP contribution in [0.2, 0.25) is 0 Å². The number of nitrogens with zero attached hydrogens (tertiary/aromatic N) is 2. The van der Waals surface area contributed by atoms with Crippen molar-refractivity contribution in [2.45, 2.75) is 6.42 Å². The second-order valence-electron chi connectivity index (χ2n) is 6.42. The number of amides is 2. The van der Waals surface area contributed by atoms with Crippen molar-refractivity contribution in [3.05, 3.63) is 59.7 Å². The first-order chi connectivity index (χ1) is 13.1. The van der Waals surface area contributed by atoms with E-state index in [1.807, 2.05) is 24.3 Å². The maximum Gasteiger partial charge on any atom is 0.322 e. The normalized spacial score (nSPS) is 14.9. The monoisotopic (exact) mass is 375 g/mol. The van der Waals surface area contributed by atoms with Gasteiger partial charge in [0.1, 0.15) is 23.1 Å². The fraction of sp³-hybridized carbons (Fsp3) is 0.350. The zero-order chi connectivity index (χ0) is 19.2. The highest BCUT2D eigenvalue weighted by molar-refractivity contribution is 5.89. The van der Waals surface area contributed by atoms with Crippen LogP contribution < -0.4 is 10.1 Å². The number of ether oxygens (including phenoxy) is 1. The summed E-state index contributed by atoms with van der Waals surface area (Å²) in [6.45, 7) is 3.30. The predicted molar refractivity (Wildman–Crippen MR) is 100 cm³/mol. The highest BCUT2D eigenvalue weighted by atomic mass is 19.1. The number of carbonyl (C=O) groups is 1. The van der Waals surface area contributed by atoms with Gasteiger partial charge in [-0.25, -0.2) is 13.6 Å². The number of carbonyl (C=O) groups excluding carboxylic acids is 1. The summed E-state index contributed by atoms with van der Waals surface area (Å²) in [5, 5.41) is 2.34. The minimum absolute atomic E-state index is 0.402. The first kappa shape index (κ1) is 19.1. The predicted octanol–water partition coefficient (Wildman–Crippen LogP) is 3.37. The molecule has 0 bridgehead atoms. The van der Waals surface area contributed by atoms with Crippen LogP contribution in [-0.2, 0) is 6.42 Å². The first-order valence-corrected chi connectivity index (χ1v) is 8.92. The lowest BCUT2D eigenvalue weighted by atomic mass is 10.1. The van der Waals surface area contributed by atoms with E-state index >= 15 is 0 Å². The summed E-state index contributed by atoms with van der Waals surface area (Å²) in [5.41, 5.74) is 0.747. The van der Waals surface area contributed by atoms with Crippen molar-refractivity contribution in [1.29, 1.82) is 0 Å².